The van der Waals surface area contributed by atoms with Crippen LogP contribution in [-0.2, 0) is 11.2 Å². The van der Waals surface area contributed by atoms with Crippen molar-refractivity contribution in [2.45, 2.75) is 18.9 Å². The molecular weight excluding hydrogens is 386 g/mol. The molecule has 2 aliphatic rings. The Kier molecular flexibility index (Phi) is 4.56. The number of ether oxygens (including phenoxy) is 2. The summed E-state index contributed by atoms with van der Waals surface area (Å²) in [6, 6.07) is 7.44. The summed E-state index contributed by atoms with van der Waals surface area (Å²) in [6.07, 6.45) is 3.64. The second-order valence-corrected chi connectivity index (χ2v) is 7.88. The first-order valence-corrected chi connectivity index (χ1v) is 9.95. The van der Waals surface area contributed by atoms with Crippen LogP contribution in [0.25, 0.3) is 5.52 Å². The number of aromatic nitrogens is 3. The van der Waals surface area contributed by atoms with Gasteiger partial charge in [0.1, 0.15) is 23.4 Å². The highest BCUT2D eigenvalue weighted by atomic mass is 16.5. The number of nitrogens with one attached hydrogen (secondary N) is 1. The van der Waals surface area contributed by atoms with Gasteiger partial charge in [-0.25, -0.2) is 9.50 Å². The van der Waals surface area contributed by atoms with Crippen LogP contribution >= 0.6 is 0 Å². The maximum atomic E-state index is 13.1. The molecule has 1 saturated heterocycles. The van der Waals surface area contributed by atoms with Crippen molar-refractivity contribution in [3.63, 3.8) is 0 Å². The number of aliphatic hydroxyl groups excluding tert-OH is 1. The van der Waals surface area contributed by atoms with Crippen LogP contribution in [0.2, 0.25) is 0 Å². The number of fused-ring (bicyclic) bond motifs is 2. The number of carbonyl (C=O) groups excluding carboxylic acids is 1. The van der Waals surface area contributed by atoms with E-state index in [1.165, 1.54) is 6.33 Å². The molecule has 0 bridgehead atoms. The fourth-order valence-electron chi connectivity index (χ4n) is 4.03. The fraction of sp³-hybridized carbons (Fsp3) is 0.381. The van der Waals surface area contributed by atoms with Crippen molar-refractivity contribution in [2.24, 2.45) is 0 Å². The number of benzene rings is 1. The molecule has 9 heteroatoms. The Morgan fingerprint density at radius 1 is 1.30 bits per heavy atom. The van der Waals surface area contributed by atoms with Gasteiger partial charge in [0, 0.05) is 31.1 Å². The summed E-state index contributed by atoms with van der Waals surface area (Å²) in [5.74, 6) is 0.485. The number of anilines is 2. The van der Waals surface area contributed by atoms with Crippen LogP contribution < -0.4 is 15.0 Å². The van der Waals surface area contributed by atoms with E-state index in [4.69, 9.17) is 9.47 Å². The van der Waals surface area contributed by atoms with Crippen molar-refractivity contribution in [3.05, 3.63) is 48.0 Å². The third kappa shape index (κ3) is 3.25. The standard InChI is InChI=1S/C21H23N5O4/c1-21(12-27)10-14-8-16(18(9-19(14)30-21)25-4-6-29-7-5-25)24-20(28)17-3-2-15-11-22-13-23-26(15)17/h2-3,8-9,11,13,27H,4-7,10,12H2,1H3,(H,24,28)/t21-/m1/s1. The summed E-state index contributed by atoms with van der Waals surface area (Å²) in [4.78, 5) is 19.3. The Bertz CT molecular complexity index is 1110. The van der Waals surface area contributed by atoms with E-state index in [0.29, 0.717) is 31.0 Å². The lowest BCUT2D eigenvalue weighted by Gasteiger charge is -2.31. The van der Waals surface area contributed by atoms with Gasteiger partial charge in [-0.3, -0.25) is 4.79 Å². The maximum absolute atomic E-state index is 13.1. The van der Waals surface area contributed by atoms with Gasteiger partial charge in [-0.05, 0) is 25.1 Å². The summed E-state index contributed by atoms with van der Waals surface area (Å²) in [5, 5.41) is 17.0. The van der Waals surface area contributed by atoms with Gasteiger partial charge in [0.15, 0.2) is 0 Å². The topological polar surface area (TPSA) is 101 Å². The molecule has 0 aliphatic carbocycles. The number of rotatable bonds is 4. The average Bonchev–Trinajstić information content (AvgIpc) is 3.34. The molecule has 156 valence electrons. The highest BCUT2D eigenvalue weighted by molar-refractivity contribution is 6.05. The van der Waals surface area contributed by atoms with Gasteiger partial charge in [-0.15, -0.1) is 0 Å². The van der Waals surface area contributed by atoms with E-state index in [1.807, 2.05) is 19.1 Å². The second kappa shape index (κ2) is 7.26. The molecule has 2 aliphatic heterocycles. The molecule has 1 aromatic carbocycles. The van der Waals surface area contributed by atoms with Gasteiger partial charge < -0.3 is 24.8 Å². The van der Waals surface area contributed by atoms with E-state index < -0.39 is 5.60 Å². The first kappa shape index (κ1) is 18.8. The minimum absolute atomic E-state index is 0.0773. The van der Waals surface area contributed by atoms with Crippen molar-refractivity contribution >= 4 is 22.8 Å². The molecule has 0 unspecified atom stereocenters. The minimum Gasteiger partial charge on any atom is -0.484 e. The number of hydrogen-bond donors (Lipinski definition) is 2. The third-order valence-corrected chi connectivity index (χ3v) is 5.59. The van der Waals surface area contributed by atoms with E-state index in [2.05, 4.69) is 20.3 Å². The highest BCUT2D eigenvalue weighted by Gasteiger charge is 2.35. The zero-order valence-corrected chi connectivity index (χ0v) is 16.7. The van der Waals surface area contributed by atoms with Crippen molar-refractivity contribution < 1.29 is 19.4 Å². The Labute approximate surface area is 173 Å². The van der Waals surface area contributed by atoms with Crippen LogP contribution in [0.3, 0.4) is 0 Å². The largest absolute Gasteiger partial charge is 0.484 e. The van der Waals surface area contributed by atoms with Crippen molar-refractivity contribution in [2.75, 3.05) is 43.1 Å². The lowest BCUT2D eigenvalue weighted by Crippen LogP contribution is -2.37. The van der Waals surface area contributed by atoms with Crippen LogP contribution in [0.5, 0.6) is 5.75 Å². The molecule has 2 aromatic heterocycles. The Balaban J connectivity index is 1.51. The molecule has 1 fully saturated rings. The van der Waals surface area contributed by atoms with Crippen LogP contribution in [-0.4, -0.2) is 64.1 Å². The minimum atomic E-state index is -0.651. The predicted molar refractivity (Wildman–Crippen MR) is 110 cm³/mol. The number of hydrogen-bond acceptors (Lipinski definition) is 7. The molecule has 0 radical (unpaired) electrons. The molecule has 2 N–H and O–H groups in total. The summed E-state index contributed by atoms with van der Waals surface area (Å²) in [7, 11) is 0. The first-order valence-electron chi connectivity index (χ1n) is 9.95. The molecule has 4 heterocycles. The zero-order chi connectivity index (χ0) is 20.7. The highest BCUT2D eigenvalue weighted by Crippen LogP contribution is 2.42. The summed E-state index contributed by atoms with van der Waals surface area (Å²) < 4.78 is 13.1. The number of carbonyl (C=O) groups is 1. The smallest absolute Gasteiger partial charge is 0.274 e. The predicted octanol–water partition coefficient (Wildman–Crippen LogP) is 1.50. The average molecular weight is 409 g/mol. The van der Waals surface area contributed by atoms with Gasteiger partial charge in [0.05, 0.1) is 42.9 Å². The fourth-order valence-corrected chi connectivity index (χ4v) is 4.03. The van der Waals surface area contributed by atoms with Gasteiger partial charge in [-0.1, -0.05) is 0 Å². The lowest BCUT2D eigenvalue weighted by molar-refractivity contribution is 0.0446. The number of nitrogens with zero attached hydrogens (tertiary/aromatic N) is 4. The van der Waals surface area contributed by atoms with Crippen molar-refractivity contribution in [1.82, 2.24) is 14.6 Å². The van der Waals surface area contributed by atoms with Crippen molar-refractivity contribution in [1.29, 1.82) is 0 Å². The quantitative estimate of drug-likeness (QED) is 0.673. The molecule has 3 aromatic rings. The first-order chi connectivity index (χ1) is 14.6. The molecule has 1 atom stereocenters. The van der Waals surface area contributed by atoms with Gasteiger partial charge >= 0.3 is 0 Å². The summed E-state index contributed by atoms with van der Waals surface area (Å²) in [6.45, 7) is 4.50. The molecule has 0 spiro atoms. The molecular formula is C21H23N5O4. The maximum Gasteiger partial charge on any atom is 0.274 e. The van der Waals surface area contributed by atoms with Crippen LogP contribution in [0, 0.1) is 0 Å². The van der Waals surface area contributed by atoms with Crippen LogP contribution in [0.15, 0.2) is 36.8 Å². The molecule has 5 rings (SSSR count). The van der Waals surface area contributed by atoms with Gasteiger partial charge in [0.2, 0.25) is 0 Å². The van der Waals surface area contributed by atoms with E-state index in [0.717, 1.165) is 35.6 Å². The SMILES string of the molecule is C[C@]1(CO)Cc2cc(NC(=O)c3ccc4cncnn34)c(N3CCOCC3)cc2O1. The molecule has 1 amide bonds. The van der Waals surface area contributed by atoms with E-state index in [1.54, 1.807) is 22.8 Å². The third-order valence-electron chi connectivity index (χ3n) is 5.59. The zero-order valence-electron chi connectivity index (χ0n) is 16.7. The molecule has 30 heavy (non-hydrogen) atoms. The van der Waals surface area contributed by atoms with E-state index >= 15 is 0 Å². The number of aliphatic hydroxyl groups is 1. The number of morpholine rings is 1. The summed E-state index contributed by atoms with van der Waals surface area (Å²) in [5.41, 5.74) is 3.07. The number of amides is 1. The van der Waals surface area contributed by atoms with E-state index in [9.17, 15) is 9.90 Å². The molecule has 0 saturated carbocycles. The lowest BCUT2D eigenvalue weighted by atomic mass is 9.99. The summed E-state index contributed by atoms with van der Waals surface area (Å²) >= 11 is 0. The van der Waals surface area contributed by atoms with E-state index in [-0.39, 0.29) is 12.5 Å². The van der Waals surface area contributed by atoms with Crippen molar-refractivity contribution in [3.8, 4) is 5.75 Å². The second-order valence-electron chi connectivity index (χ2n) is 7.88. The Hall–Kier alpha value is -3.17. The van der Waals surface area contributed by atoms with Gasteiger partial charge in [-0.2, -0.15) is 5.10 Å². The molecule has 9 nitrogen and oxygen atoms in total. The normalized spacial score (nSPS) is 20.8. The monoisotopic (exact) mass is 409 g/mol. The van der Waals surface area contributed by atoms with Crippen LogP contribution in [0.4, 0.5) is 11.4 Å². The van der Waals surface area contributed by atoms with Gasteiger partial charge in [0.25, 0.3) is 5.91 Å². The Morgan fingerprint density at radius 3 is 2.93 bits per heavy atom. The Morgan fingerprint density at radius 2 is 2.13 bits per heavy atom. The van der Waals surface area contributed by atoms with Crippen LogP contribution in [0.1, 0.15) is 23.0 Å².